The van der Waals surface area contributed by atoms with Crippen LogP contribution in [-0.4, -0.2) is 30.6 Å². The zero-order valence-corrected chi connectivity index (χ0v) is 14.1. The van der Waals surface area contributed by atoms with Gasteiger partial charge >= 0.3 is 0 Å². The molecular formula is C16H22BrClN2. The van der Waals surface area contributed by atoms with Gasteiger partial charge < -0.3 is 5.32 Å². The van der Waals surface area contributed by atoms with E-state index in [9.17, 15) is 0 Å². The molecule has 2 aliphatic rings. The summed E-state index contributed by atoms with van der Waals surface area (Å²) < 4.78 is 0.981. The van der Waals surface area contributed by atoms with Gasteiger partial charge in [0.1, 0.15) is 0 Å². The van der Waals surface area contributed by atoms with Gasteiger partial charge in [-0.15, -0.1) is 0 Å². The molecule has 20 heavy (non-hydrogen) atoms. The zero-order valence-electron chi connectivity index (χ0n) is 11.7. The molecular weight excluding hydrogens is 336 g/mol. The standard InChI is InChI=1S/C16H22BrClN2/c17-15-6-5-13(8-16(15)18)10-20(9-12-3-4-12)11-14-2-1-7-19-14/h5-6,8,12,14,19H,1-4,7,9-11H2. The molecule has 4 heteroatoms. The molecule has 0 amide bonds. The molecule has 1 aliphatic heterocycles. The van der Waals surface area contributed by atoms with Crippen LogP contribution in [-0.2, 0) is 6.54 Å². The van der Waals surface area contributed by atoms with Gasteiger partial charge in [-0.2, -0.15) is 0 Å². The Bertz CT molecular complexity index is 456. The van der Waals surface area contributed by atoms with Gasteiger partial charge in [-0.3, -0.25) is 4.90 Å². The first kappa shape index (κ1) is 14.8. The topological polar surface area (TPSA) is 15.3 Å². The van der Waals surface area contributed by atoms with E-state index in [-0.39, 0.29) is 0 Å². The van der Waals surface area contributed by atoms with Gasteiger partial charge in [-0.25, -0.2) is 0 Å². The fourth-order valence-electron chi connectivity index (χ4n) is 2.99. The SMILES string of the molecule is Clc1cc(CN(CC2CC2)CC2CCCN2)ccc1Br. The van der Waals surface area contributed by atoms with Crippen LogP contribution in [0.4, 0.5) is 0 Å². The molecule has 0 bridgehead atoms. The van der Waals surface area contributed by atoms with Gasteiger partial charge in [-0.1, -0.05) is 17.7 Å². The minimum Gasteiger partial charge on any atom is -0.313 e. The summed E-state index contributed by atoms with van der Waals surface area (Å²) in [5, 5.41) is 4.42. The van der Waals surface area contributed by atoms with E-state index in [4.69, 9.17) is 11.6 Å². The monoisotopic (exact) mass is 356 g/mol. The van der Waals surface area contributed by atoms with Crippen molar-refractivity contribution in [1.29, 1.82) is 0 Å². The number of halogens is 2. The highest BCUT2D eigenvalue weighted by Gasteiger charge is 2.26. The Kier molecular flexibility index (Phi) is 5.03. The predicted molar refractivity (Wildman–Crippen MR) is 88.2 cm³/mol. The van der Waals surface area contributed by atoms with E-state index in [0.29, 0.717) is 6.04 Å². The molecule has 1 saturated heterocycles. The molecule has 2 fully saturated rings. The lowest BCUT2D eigenvalue weighted by molar-refractivity contribution is 0.232. The Balaban J connectivity index is 1.62. The molecule has 1 aromatic rings. The molecule has 1 saturated carbocycles. The predicted octanol–water partition coefficient (Wildman–Crippen LogP) is 4.07. The maximum Gasteiger partial charge on any atom is 0.0551 e. The first-order valence-corrected chi connectivity index (χ1v) is 8.77. The van der Waals surface area contributed by atoms with Crippen molar-refractivity contribution in [1.82, 2.24) is 10.2 Å². The van der Waals surface area contributed by atoms with Crippen LogP contribution in [0.25, 0.3) is 0 Å². The van der Waals surface area contributed by atoms with Gasteiger partial charge in [0.15, 0.2) is 0 Å². The summed E-state index contributed by atoms with van der Waals surface area (Å²) >= 11 is 9.67. The van der Waals surface area contributed by atoms with Crippen LogP contribution in [0.15, 0.2) is 22.7 Å². The number of nitrogens with zero attached hydrogens (tertiary/aromatic N) is 1. The van der Waals surface area contributed by atoms with Gasteiger partial charge in [0.25, 0.3) is 0 Å². The normalized spacial score (nSPS) is 22.6. The minimum atomic E-state index is 0.680. The Hall–Kier alpha value is -0.0900. The fourth-order valence-corrected chi connectivity index (χ4v) is 3.44. The van der Waals surface area contributed by atoms with Crippen molar-refractivity contribution in [3.8, 4) is 0 Å². The molecule has 0 spiro atoms. The molecule has 0 aromatic heterocycles. The number of benzene rings is 1. The van der Waals surface area contributed by atoms with E-state index in [1.165, 1.54) is 50.9 Å². The fraction of sp³-hybridized carbons (Fsp3) is 0.625. The molecule has 2 nitrogen and oxygen atoms in total. The first-order chi connectivity index (χ1) is 9.70. The maximum atomic E-state index is 6.21. The highest BCUT2D eigenvalue weighted by Crippen LogP contribution is 2.31. The Morgan fingerprint density at radius 2 is 2.10 bits per heavy atom. The van der Waals surface area contributed by atoms with Crippen molar-refractivity contribution in [3.63, 3.8) is 0 Å². The van der Waals surface area contributed by atoms with Crippen molar-refractivity contribution < 1.29 is 0 Å². The molecule has 3 rings (SSSR count). The summed E-state index contributed by atoms with van der Waals surface area (Å²) in [5.74, 6) is 0.933. The number of hydrogen-bond acceptors (Lipinski definition) is 2. The highest BCUT2D eigenvalue weighted by molar-refractivity contribution is 9.10. The number of hydrogen-bond donors (Lipinski definition) is 1. The molecule has 110 valence electrons. The third-order valence-electron chi connectivity index (χ3n) is 4.24. The molecule has 1 unspecified atom stereocenters. The van der Waals surface area contributed by atoms with E-state index >= 15 is 0 Å². The van der Waals surface area contributed by atoms with E-state index in [1.54, 1.807) is 0 Å². The second kappa shape index (κ2) is 6.78. The zero-order chi connectivity index (χ0) is 13.9. The van der Waals surface area contributed by atoms with Crippen LogP contribution in [0.3, 0.4) is 0 Å². The lowest BCUT2D eigenvalue weighted by atomic mass is 10.1. The molecule has 1 heterocycles. The highest BCUT2D eigenvalue weighted by atomic mass is 79.9. The van der Waals surface area contributed by atoms with Crippen LogP contribution in [0.2, 0.25) is 5.02 Å². The van der Waals surface area contributed by atoms with Gasteiger partial charge in [0, 0.05) is 30.1 Å². The summed E-state index contributed by atoms with van der Waals surface area (Å²) in [6, 6.07) is 7.01. The largest absolute Gasteiger partial charge is 0.313 e. The van der Waals surface area contributed by atoms with E-state index in [2.05, 4.69) is 44.3 Å². The summed E-state index contributed by atoms with van der Waals surface area (Å²) in [4.78, 5) is 2.61. The van der Waals surface area contributed by atoms with E-state index in [1.807, 2.05) is 0 Å². The number of rotatable bonds is 6. The van der Waals surface area contributed by atoms with Crippen LogP contribution in [0, 0.1) is 5.92 Å². The van der Waals surface area contributed by atoms with Crippen LogP contribution < -0.4 is 5.32 Å². The summed E-state index contributed by atoms with van der Waals surface area (Å²) in [6.07, 6.45) is 5.47. The van der Waals surface area contributed by atoms with Crippen LogP contribution in [0.5, 0.6) is 0 Å². The summed E-state index contributed by atoms with van der Waals surface area (Å²) in [7, 11) is 0. The second-order valence-corrected chi connectivity index (χ2v) is 7.44. The van der Waals surface area contributed by atoms with Crippen molar-refractivity contribution in [2.24, 2.45) is 5.92 Å². The first-order valence-electron chi connectivity index (χ1n) is 7.60. The summed E-state index contributed by atoms with van der Waals surface area (Å²) in [5.41, 5.74) is 1.32. The average Bonchev–Trinajstić information content (AvgIpc) is 3.08. The molecule has 1 aliphatic carbocycles. The molecule has 1 atom stereocenters. The van der Waals surface area contributed by atoms with E-state index < -0.39 is 0 Å². The second-order valence-electron chi connectivity index (χ2n) is 6.18. The van der Waals surface area contributed by atoms with Crippen molar-refractivity contribution >= 4 is 27.5 Å². The lowest BCUT2D eigenvalue weighted by Crippen LogP contribution is -2.38. The Morgan fingerprint density at radius 3 is 2.75 bits per heavy atom. The minimum absolute atomic E-state index is 0.680. The quantitative estimate of drug-likeness (QED) is 0.825. The van der Waals surface area contributed by atoms with Gasteiger partial charge in [0.2, 0.25) is 0 Å². The maximum absolute atomic E-state index is 6.21. The molecule has 1 N–H and O–H groups in total. The van der Waals surface area contributed by atoms with Crippen LogP contribution in [0.1, 0.15) is 31.2 Å². The van der Waals surface area contributed by atoms with Crippen molar-refractivity contribution in [2.45, 2.75) is 38.3 Å². The Morgan fingerprint density at radius 1 is 1.25 bits per heavy atom. The molecule has 0 radical (unpaired) electrons. The smallest absolute Gasteiger partial charge is 0.0551 e. The molecule has 1 aromatic carbocycles. The summed E-state index contributed by atoms with van der Waals surface area (Å²) in [6.45, 7) is 4.61. The van der Waals surface area contributed by atoms with E-state index in [0.717, 1.165) is 22.0 Å². The number of nitrogens with one attached hydrogen (secondary N) is 1. The van der Waals surface area contributed by atoms with Crippen molar-refractivity contribution in [2.75, 3.05) is 19.6 Å². The Labute approximate surface area is 135 Å². The third-order valence-corrected chi connectivity index (χ3v) is 5.48. The lowest BCUT2D eigenvalue weighted by Gasteiger charge is -2.26. The van der Waals surface area contributed by atoms with Crippen LogP contribution >= 0.6 is 27.5 Å². The average molecular weight is 358 g/mol. The van der Waals surface area contributed by atoms with Crippen molar-refractivity contribution in [3.05, 3.63) is 33.3 Å². The van der Waals surface area contributed by atoms with Gasteiger partial charge in [-0.05, 0) is 71.8 Å². The third kappa shape index (κ3) is 4.20. The van der Waals surface area contributed by atoms with Gasteiger partial charge in [0.05, 0.1) is 5.02 Å².